The van der Waals surface area contributed by atoms with E-state index >= 15 is 0 Å². The lowest BCUT2D eigenvalue weighted by atomic mass is 10.2. The highest BCUT2D eigenvalue weighted by Crippen LogP contribution is 2.25. The molecule has 2 aromatic carbocycles. The zero-order valence-corrected chi connectivity index (χ0v) is 15.0. The highest BCUT2D eigenvalue weighted by atomic mass is 35.5. The van der Waals surface area contributed by atoms with Crippen LogP contribution in [0.5, 0.6) is 0 Å². The Hall–Kier alpha value is -3.12. The Morgan fingerprint density at radius 2 is 1.96 bits per heavy atom. The second kappa shape index (κ2) is 6.89. The Bertz CT molecular complexity index is 1120. The van der Waals surface area contributed by atoms with Crippen molar-refractivity contribution >= 4 is 45.8 Å². The highest BCUT2D eigenvalue weighted by molar-refractivity contribution is 6.31. The molecule has 2 amide bonds. The maximum Gasteiger partial charge on any atom is 0.291 e. The molecule has 1 saturated heterocycles. The van der Waals surface area contributed by atoms with Gasteiger partial charge in [-0.1, -0.05) is 17.7 Å². The van der Waals surface area contributed by atoms with Crippen molar-refractivity contribution in [2.45, 2.75) is 12.8 Å². The summed E-state index contributed by atoms with van der Waals surface area (Å²) in [7, 11) is 0. The molecule has 1 aliphatic heterocycles. The molecule has 0 spiro atoms. The first-order valence-electron chi connectivity index (χ1n) is 8.46. The summed E-state index contributed by atoms with van der Waals surface area (Å²) in [5.74, 6) is -0.580. The largest absolute Gasteiger partial charge is 0.451 e. The molecule has 0 aliphatic carbocycles. The smallest absolute Gasteiger partial charge is 0.291 e. The molecular weight excluding hydrogens is 368 g/mol. The van der Waals surface area contributed by atoms with Gasteiger partial charge in [0.05, 0.1) is 5.39 Å². The van der Waals surface area contributed by atoms with E-state index in [9.17, 15) is 14.4 Å². The van der Waals surface area contributed by atoms with Crippen molar-refractivity contribution in [1.82, 2.24) is 0 Å². The number of fused-ring (bicyclic) bond motifs is 1. The van der Waals surface area contributed by atoms with Crippen LogP contribution in [0.2, 0.25) is 5.02 Å². The van der Waals surface area contributed by atoms with Crippen molar-refractivity contribution in [1.29, 1.82) is 0 Å². The molecule has 4 rings (SSSR count). The number of nitrogens with one attached hydrogen (secondary N) is 1. The Kier molecular flexibility index (Phi) is 4.41. The standard InChI is InChI=1S/C20H15ClN2O4/c21-12-6-7-17-15(9-12)16(24)11-18(27-17)20(26)22-13-3-1-4-14(10-13)23-8-2-5-19(23)25/h1,3-4,6-7,9-11H,2,5,8H2,(H,22,26). The van der Waals surface area contributed by atoms with Gasteiger partial charge in [-0.05, 0) is 42.8 Å². The van der Waals surface area contributed by atoms with Crippen LogP contribution >= 0.6 is 11.6 Å². The zero-order chi connectivity index (χ0) is 19.0. The molecular formula is C20H15ClN2O4. The molecule has 0 bridgehead atoms. The quantitative estimate of drug-likeness (QED) is 0.746. The van der Waals surface area contributed by atoms with Crippen LogP contribution < -0.4 is 15.6 Å². The minimum atomic E-state index is -0.547. The lowest BCUT2D eigenvalue weighted by molar-refractivity contribution is -0.117. The molecule has 1 aromatic heterocycles. The van der Waals surface area contributed by atoms with Crippen LogP contribution in [0.1, 0.15) is 23.4 Å². The first-order valence-corrected chi connectivity index (χ1v) is 8.84. The Morgan fingerprint density at radius 3 is 2.74 bits per heavy atom. The van der Waals surface area contributed by atoms with Gasteiger partial charge >= 0.3 is 0 Å². The molecule has 0 atom stereocenters. The van der Waals surface area contributed by atoms with Crippen LogP contribution in [0.25, 0.3) is 11.0 Å². The third kappa shape index (κ3) is 3.44. The minimum absolute atomic E-state index is 0.0673. The van der Waals surface area contributed by atoms with E-state index in [2.05, 4.69) is 5.32 Å². The number of hydrogen-bond acceptors (Lipinski definition) is 4. The third-order valence-corrected chi connectivity index (χ3v) is 4.64. The fourth-order valence-electron chi connectivity index (χ4n) is 3.11. The van der Waals surface area contributed by atoms with E-state index in [1.165, 1.54) is 6.07 Å². The molecule has 0 saturated carbocycles. The number of carbonyl (C=O) groups excluding carboxylic acids is 2. The summed E-state index contributed by atoms with van der Waals surface area (Å²) in [6.45, 7) is 0.665. The summed E-state index contributed by atoms with van der Waals surface area (Å²) in [5.41, 5.74) is 1.18. The van der Waals surface area contributed by atoms with Gasteiger partial charge in [0, 0.05) is 35.4 Å². The Labute approximate surface area is 159 Å². The normalized spacial score (nSPS) is 14.0. The van der Waals surface area contributed by atoms with E-state index in [0.29, 0.717) is 29.1 Å². The van der Waals surface area contributed by atoms with Crippen LogP contribution in [0.15, 0.2) is 57.7 Å². The van der Waals surface area contributed by atoms with E-state index in [0.717, 1.165) is 18.2 Å². The van der Waals surface area contributed by atoms with Crippen LogP contribution in [-0.4, -0.2) is 18.4 Å². The molecule has 1 aliphatic rings. The summed E-state index contributed by atoms with van der Waals surface area (Å²) in [6, 6.07) is 12.8. The number of rotatable bonds is 3. The summed E-state index contributed by atoms with van der Waals surface area (Å²) >= 11 is 5.89. The molecule has 2 heterocycles. The van der Waals surface area contributed by atoms with E-state index in [1.54, 1.807) is 35.2 Å². The fraction of sp³-hybridized carbons (Fsp3) is 0.150. The van der Waals surface area contributed by atoms with E-state index < -0.39 is 5.91 Å². The summed E-state index contributed by atoms with van der Waals surface area (Å²) < 4.78 is 5.54. The van der Waals surface area contributed by atoms with Gasteiger partial charge in [0.2, 0.25) is 5.91 Å². The van der Waals surface area contributed by atoms with E-state index in [1.807, 2.05) is 6.07 Å². The molecule has 27 heavy (non-hydrogen) atoms. The van der Waals surface area contributed by atoms with Crippen LogP contribution in [-0.2, 0) is 4.79 Å². The predicted molar refractivity (Wildman–Crippen MR) is 103 cm³/mol. The van der Waals surface area contributed by atoms with E-state index in [4.69, 9.17) is 16.0 Å². The Balaban J connectivity index is 1.61. The molecule has 6 nitrogen and oxygen atoms in total. The average Bonchev–Trinajstić information content (AvgIpc) is 3.08. The molecule has 7 heteroatoms. The lowest BCUT2D eigenvalue weighted by Gasteiger charge is -2.16. The minimum Gasteiger partial charge on any atom is -0.451 e. The van der Waals surface area contributed by atoms with Crippen molar-refractivity contribution < 1.29 is 14.0 Å². The van der Waals surface area contributed by atoms with Crippen molar-refractivity contribution in [3.05, 3.63) is 69.5 Å². The second-order valence-corrected chi connectivity index (χ2v) is 6.71. The number of anilines is 2. The molecule has 3 aromatic rings. The predicted octanol–water partition coefficient (Wildman–Crippen LogP) is 3.83. The zero-order valence-electron chi connectivity index (χ0n) is 14.2. The average molecular weight is 383 g/mol. The topological polar surface area (TPSA) is 79.6 Å². The Morgan fingerprint density at radius 1 is 1.11 bits per heavy atom. The van der Waals surface area contributed by atoms with Gasteiger partial charge in [-0.25, -0.2) is 0 Å². The van der Waals surface area contributed by atoms with Gasteiger partial charge in [0.25, 0.3) is 5.91 Å². The van der Waals surface area contributed by atoms with Crippen LogP contribution in [0.3, 0.4) is 0 Å². The number of hydrogen-bond donors (Lipinski definition) is 1. The van der Waals surface area contributed by atoms with Crippen LogP contribution in [0, 0.1) is 0 Å². The van der Waals surface area contributed by atoms with Gasteiger partial charge in [-0.2, -0.15) is 0 Å². The number of amides is 2. The number of halogens is 1. The molecule has 0 radical (unpaired) electrons. The summed E-state index contributed by atoms with van der Waals surface area (Å²) in [6.07, 6.45) is 1.35. The lowest BCUT2D eigenvalue weighted by Crippen LogP contribution is -2.23. The molecule has 136 valence electrons. The van der Waals surface area contributed by atoms with Crippen molar-refractivity contribution in [3.63, 3.8) is 0 Å². The fourth-order valence-corrected chi connectivity index (χ4v) is 3.28. The monoisotopic (exact) mass is 382 g/mol. The number of benzene rings is 2. The molecule has 1 fully saturated rings. The maximum atomic E-state index is 12.5. The van der Waals surface area contributed by atoms with Gasteiger partial charge in [-0.15, -0.1) is 0 Å². The van der Waals surface area contributed by atoms with Gasteiger partial charge in [0.1, 0.15) is 5.58 Å². The van der Waals surface area contributed by atoms with Gasteiger partial charge in [-0.3, -0.25) is 14.4 Å². The van der Waals surface area contributed by atoms with E-state index in [-0.39, 0.29) is 22.7 Å². The first-order chi connectivity index (χ1) is 13.0. The van der Waals surface area contributed by atoms with Crippen molar-refractivity contribution in [2.75, 3.05) is 16.8 Å². The highest BCUT2D eigenvalue weighted by Gasteiger charge is 2.22. The molecule has 0 unspecified atom stereocenters. The molecule has 1 N–H and O–H groups in total. The number of nitrogens with zero attached hydrogens (tertiary/aromatic N) is 1. The van der Waals surface area contributed by atoms with Crippen LogP contribution in [0.4, 0.5) is 11.4 Å². The number of carbonyl (C=O) groups is 2. The maximum absolute atomic E-state index is 12.5. The summed E-state index contributed by atoms with van der Waals surface area (Å²) in [4.78, 5) is 38.3. The van der Waals surface area contributed by atoms with Gasteiger partial charge < -0.3 is 14.6 Å². The second-order valence-electron chi connectivity index (χ2n) is 6.27. The third-order valence-electron chi connectivity index (χ3n) is 4.40. The SMILES string of the molecule is O=C(Nc1cccc(N2CCCC2=O)c1)c1cc(=O)c2cc(Cl)ccc2o1. The first kappa shape index (κ1) is 17.3. The van der Waals surface area contributed by atoms with Crippen molar-refractivity contribution in [3.8, 4) is 0 Å². The van der Waals surface area contributed by atoms with Gasteiger partial charge in [0.15, 0.2) is 11.2 Å². The summed E-state index contributed by atoms with van der Waals surface area (Å²) in [5, 5.41) is 3.44. The van der Waals surface area contributed by atoms with Crippen molar-refractivity contribution in [2.24, 2.45) is 0 Å².